The van der Waals surface area contributed by atoms with Gasteiger partial charge in [-0.3, -0.25) is 0 Å². The standard InChI is InChI=1S/C7H9IN5/c9-7-11-6(13(10)12-7)5-3-1-2-4-8-5/h1-5H,10H2,(H2,9,12)/q-1. The van der Waals surface area contributed by atoms with Gasteiger partial charge in [0.05, 0.1) is 0 Å². The quantitative estimate of drug-likeness (QED) is 0.324. The van der Waals surface area contributed by atoms with Crippen LogP contribution in [-0.2, 0) is 0 Å². The summed E-state index contributed by atoms with van der Waals surface area (Å²) in [7, 11) is 0. The number of nitrogens with two attached hydrogens (primary N) is 2. The zero-order valence-corrected chi connectivity index (χ0v) is 8.92. The monoisotopic (exact) mass is 290 g/mol. The average Bonchev–Trinajstić information content (AvgIpc) is 2.47. The summed E-state index contributed by atoms with van der Waals surface area (Å²) < 4.78 is 2.48. The van der Waals surface area contributed by atoms with Crippen molar-refractivity contribution in [3.63, 3.8) is 0 Å². The van der Waals surface area contributed by atoms with Crippen LogP contribution >= 0.6 is 0 Å². The number of nitrogens with zero attached hydrogens (tertiary/aromatic N) is 3. The van der Waals surface area contributed by atoms with Gasteiger partial charge in [0.15, 0.2) is 0 Å². The molecule has 2 heterocycles. The van der Waals surface area contributed by atoms with Crippen LogP contribution in [-0.4, -0.2) is 14.9 Å². The van der Waals surface area contributed by atoms with E-state index in [1.54, 1.807) is 0 Å². The van der Waals surface area contributed by atoms with E-state index >= 15 is 0 Å². The van der Waals surface area contributed by atoms with Gasteiger partial charge in [0.25, 0.3) is 0 Å². The Morgan fingerprint density at radius 3 is 2.85 bits per heavy atom. The van der Waals surface area contributed by atoms with Gasteiger partial charge in [0.1, 0.15) is 0 Å². The maximum atomic E-state index is 5.59. The van der Waals surface area contributed by atoms with E-state index in [1.807, 2.05) is 12.2 Å². The first-order chi connectivity index (χ1) is 6.27. The van der Waals surface area contributed by atoms with Crippen molar-refractivity contribution in [2.24, 2.45) is 0 Å². The zero-order chi connectivity index (χ0) is 9.26. The number of hydrogen-bond donors (Lipinski definition) is 2. The number of rotatable bonds is 1. The summed E-state index contributed by atoms with van der Waals surface area (Å²) in [5.41, 5.74) is 5.43. The summed E-state index contributed by atoms with van der Waals surface area (Å²) in [6, 6.07) is 0. The van der Waals surface area contributed by atoms with Crippen molar-refractivity contribution < 1.29 is 21.2 Å². The Hall–Kier alpha value is -1.05. The number of alkyl halides is 1. The number of nitrogen functional groups attached to an aromatic ring is 2. The van der Waals surface area contributed by atoms with E-state index in [-0.39, 0.29) is 27.2 Å². The molecule has 0 radical (unpaired) electrons. The number of anilines is 1. The molecular weight excluding hydrogens is 281 g/mol. The van der Waals surface area contributed by atoms with E-state index in [1.165, 1.54) is 4.79 Å². The molecule has 0 fully saturated rings. The molecule has 5 nitrogen and oxygen atoms in total. The summed E-state index contributed by atoms with van der Waals surface area (Å²) in [4.78, 5) is 5.35. The normalized spacial score (nSPS) is 21.4. The number of halogens is 1. The molecular formula is C7H9IN5-. The van der Waals surface area contributed by atoms with Gasteiger partial charge in [-0.25, -0.2) is 0 Å². The predicted molar refractivity (Wildman–Crippen MR) is 45.6 cm³/mol. The van der Waals surface area contributed by atoms with Crippen molar-refractivity contribution >= 4 is 5.95 Å². The molecule has 0 saturated heterocycles. The van der Waals surface area contributed by atoms with Crippen LogP contribution in [0.15, 0.2) is 22.3 Å². The van der Waals surface area contributed by atoms with Gasteiger partial charge in [-0.1, -0.05) is 0 Å². The van der Waals surface area contributed by atoms with E-state index in [0.717, 1.165) is 5.82 Å². The van der Waals surface area contributed by atoms with Gasteiger partial charge in [-0.15, -0.1) is 0 Å². The second kappa shape index (κ2) is 3.36. The van der Waals surface area contributed by atoms with Gasteiger partial charge in [0.2, 0.25) is 0 Å². The van der Waals surface area contributed by atoms with Gasteiger partial charge in [0, 0.05) is 0 Å². The van der Waals surface area contributed by atoms with Gasteiger partial charge in [-0.2, -0.15) is 0 Å². The van der Waals surface area contributed by atoms with Gasteiger partial charge >= 0.3 is 85.7 Å². The molecule has 6 heteroatoms. The molecule has 0 spiro atoms. The second-order valence-corrected chi connectivity index (χ2v) is 5.28. The summed E-state index contributed by atoms with van der Waals surface area (Å²) in [5, 5.41) is 3.81. The van der Waals surface area contributed by atoms with Crippen LogP contribution in [0.5, 0.6) is 0 Å². The van der Waals surface area contributed by atoms with Crippen molar-refractivity contribution in [2.75, 3.05) is 11.6 Å². The minimum atomic E-state index is -0.0595. The second-order valence-electron chi connectivity index (χ2n) is 2.50. The SMILES string of the molecule is Nc1nc(C2C=CC=C[I-]2)n(N)n1. The van der Waals surface area contributed by atoms with E-state index in [9.17, 15) is 0 Å². The Labute approximate surface area is 85.7 Å². The zero-order valence-electron chi connectivity index (χ0n) is 6.76. The molecule has 0 aliphatic carbocycles. The third-order valence-corrected chi connectivity index (χ3v) is 4.17. The Bertz CT molecular complexity index is 367. The molecule has 1 aromatic rings. The Morgan fingerprint density at radius 1 is 1.46 bits per heavy atom. The average molecular weight is 290 g/mol. The van der Waals surface area contributed by atoms with Gasteiger partial charge < -0.3 is 0 Å². The Morgan fingerprint density at radius 2 is 2.31 bits per heavy atom. The van der Waals surface area contributed by atoms with Crippen molar-refractivity contribution in [2.45, 2.75) is 3.92 Å². The fourth-order valence-corrected chi connectivity index (χ4v) is 3.20. The van der Waals surface area contributed by atoms with Crippen molar-refractivity contribution in [3.8, 4) is 0 Å². The van der Waals surface area contributed by atoms with Crippen LogP contribution in [0.1, 0.15) is 9.75 Å². The molecule has 0 saturated carbocycles. The third-order valence-electron chi connectivity index (χ3n) is 1.59. The molecule has 1 aromatic heterocycles. The van der Waals surface area contributed by atoms with Crippen molar-refractivity contribution in [3.05, 3.63) is 28.1 Å². The van der Waals surface area contributed by atoms with Crippen LogP contribution in [0, 0.1) is 0 Å². The van der Waals surface area contributed by atoms with E-state index < -0.39 is 0 Å². The van der Waals surface area contributed by atoms with Crippen LogP contribution in [0.2, 0.25) is 0 Å². The maximum absolute atomic E-state index is 5.59. The van der Waals surface area contributed by atoms with E-state index in [0.29, 0.717) is 3.92 Å². The van der Waals surface area contributed by atoms with Crippen LogP contribution in [0.3, 0.4) is 0 Å². The first kappa shape index (κ1) is 8.54. The summed E-state index contributed by atoms with van der Waals surface area (Å²) in [6.07, 6.45) is 6.13. The Kier molecular flexibility index (Phi) is 2.21. The number of hydrogen-bond acceptors (Lipinski definition) is 4. The summed E-state index contributed by atoms with van der Waals surface area (Å²) in [5.74, 6) is 6.59. The van der Waals surface area contributed by atoms with Crippen LogP contribution in [0.4, 0.5) is 5.95 Å². The topological polar surface area (TPSA) is 82.8 Å². The molecule has 2 rings (SSSR count). The fraction of sp³-hybridized carbons (Fsp3) is 0.143. The van der Waals surface area contributed by atoms with E-state index in [2.05, 4.69) is 20.2 Å². The van der Waals surface area contributed by atoms with Crippen molar-refractivity contribution in [1.82, 2.24) is 14.9 Å². The molecule has 13 heavy (non-hydrogen) atoms. The fourth-order valence-electron chi connectivity index (χ4n) is 1.05. The number of allylic oxidation sites excluding steroid dienone is 3. The molecule has 4 N–H and O–H groups in total. The Balaban J connectivity index is 2.30. The number of aromatic nitrogens is 3. The molecule has 0 bridgehead atoms. The van der Waals surface area contributed by atoms with Gasteiger partial charge in [-0.05, 0) is 0 Å². The van der Waals surface area contributed by atoms with Crippen LogP contribution in [0.25, 0.3) is 0 Å². The first-order valence-corrected chi connectivity index (χ1v) is 6.19. The molecule has 0 amide bonds. The minimum absolute atomic E-state index is 0.0595. The first-order valence-electron chi connectivity index (χ1n) is 3.70. The van der Waals surface area contributed by atoms with Crippen LogP contribution < -0.4 is 32.8 Å². The third kappa shape index (κ3) is 1.67. The van der Waals surface area contributed by atoms with Crippen molar-refractivity contribution in [1.29, 1.82) is 0 Å². The molecule has 1 aliphatic rings. The molecule has 70 valence electrons. The van der Waals surface area contributed by atoms with E-state index in [4.69, 9.17) is 11.6 Å². The summed E-state index contributed by atoms with van der Waals surface area (Å²) in [6.45, 7) is 0. The molecule has 1 atom stereocenters. The summed E-state index contributed by atoms with van der Waals surface area (Å²) >= 11 is -0.0595. The predicted octanol–water partition coefficient (Wildman–Crippen LogP) is -3.21. The molecule has 1 unspecified atom stereocenters. The molecule has 0 aromatic carbocycles. The molecule has 1 aliphatic heterocycles.